The van der Waals surface area contributed by atoms with Crippen molar-refractivity contribution in [1.29, 1.82) is 0 Å². The van der Waals surface area contributed by atoms with Crippen LogP contribution in [0.3, 0.4) is 0 Å². The van der Waals surface area contributed by atoms with Gasteiger partial charge in [0, 0.05) is 0 Å². The lowest BCUT2D eigenvalue weighted by Gasteiger charge is -2.35. The van der Waals surface area contributed by atoms with Crippen LogP contribution < -0.4 is 10.1 Å². The number of hydroxylamine groups is 2. The summed E-state index contributed by atoms with van der Waals surface area (Å²) in [6.45, 7) is 15.7. The molecule has 0 saturated heterocycles. The quantitative estimate of drug-likeness (QED) is 0.592. The van der Waals surface area contributed by atoms with Crippen molar-refractivity contribution in [3.63, 3.8) is 0 Å². The molecule has 1 aromatic carbocycles. The fourth-order valence-corrected chi connectivity index (χ4v) is 2.20. The highest BCUT2D eigenvalue weighted by atomic mass is 16.5. The molecule has 0 saturated carbocycles. The molecular formula is C19H32N2O2. The first-order valence-corrected chi connectivity index (χ1v) is 8.10. The topological polar surface area (TPSA) is 46.9 Å². The van der Waals surface area contributed by atoms with Gasteiger partial charge in [0.05, 0.1) is 22.5 Å². The normalized spacial score (nSPS) is 13.2. The van der Waals surface area contributed by atoms with E-state index >= 15 is 0 Å². The molecule has 0 atom stereocenters. The lowest BCUT2D eigenvalue weighted by Crippen LogP contribution is -2.40. The third kappa shape index (κ3) is 5.26. The fraction of sp³-hybridized carbons (Fsp3) is 0.579. The standard InChI is InChI=1S/C19H32N2O2/c1-9-14(2)10-15-11-16(20(22)18(3,4)5)13-17(12-15)21(23)19(6,7)8/h9,11-13,22-23H,10H2,1-8H3/b14-9-. The Hall–Kier alpha value is -1.52. The van der Waals surface area contributed by atoms with Gasteiger partial charge >= 0.3 is 0 Å². The average molecular weight is 320 g/mol. The Morgan fingerprint density at radius 1 is 0.913 bits per heavy atom. The monoisotopic (exact) mass is 320 g/mol. The second-order valence-electron chi connectivity index (χ2n) is 8.13. The Morgan fingerprint density at radius 3 is 1.61 bits per heavy atom. The molecule has 23 heavy (non-hydrogen) atoms. The first-order valence-electron chi connectivity index (χ1n) is 8.10. The maximum Gasteiger partial charge on any atom is 0.0664 e. The average Bonchev–Trinajstić information content (AvgIpc) is 2.43. The molecule has 0 aliphatic carbocycles. The summed E-state index contributed by atoms with van der Waals surface area (Å²) < 4.78 is 0. The van der Waals surface area contributed by atoms with E-state index in [9.17, 15) is 10.4 Å². The predicted octanol–water partition coefficient (Wildman–Crippen LogP) is 5.18. The minimum atomic E-state index is -0.423. The Bertz CT molecular complexity index is 527. The molecule has 0 aliphatic rings. The molecule has 0 aromatic heterocycles. The Kier molecular flexibility index (Phi) is 5.89. The minimum absolute atomic E-state index is 0.423. The smallest absolute Gasteiger partial charge is 0.0664 e. The molecule has 0 heterocycles. The highest BCUT2D eigenvalue weighted by Gasteiger charge is 2.24. The van der Waals surface area contributed by atoms with Crippen LogP contribution in [0.1, 0.15) is 61.0 Å². The zero-order valence-electron chi connectivity index (χ0n) is 15.8. The maximum atomic E-state index is 10.5. The molecule has 1 aromatic rings. The molecule has 0 unspecified atom stereocenters. The molecular weight excluding hydrogens is 288 g/mol. The summed E-state index contributed by atoms with van der Waals surface area (Å²) in [5, 5.41) is 23.5. The number of benzene rings is 1. The first-order chi connectivity index (χ1) is 10.4. The lowest BCUT2D eigenvalue weighted by molar-refractivity contribution is 0.176. The summed E-state index contributed by atoms with van der Waals surface area (Å²) >= 11 is 0. The van der Waals surface area contributed by atoms with E-state index in [-0.39, 0.29) is 0 Å². The molecule has 4 heteroatoms. The number of hydrogen-bond donors (Lipinski definition) is 2. The highest BCUT2D eigenvalue weighted by Crippen LogP contribution is 2.31. The molecule has 0 spiro atoms. The molecule has 1 rings (SSSR count). The Balaban J connectivity index is 3.38. The predicted molar refractivity (Wildman–Crippen MR) is 97.6 cm³/mol. The van der Waals surface area contributed by atoms with Crippen LogP contribution in [0.15, 0.2) is 29.8 Å². The van der Waals surface area contributed by atoms with Gasteiger partial charge in [-0.25, -0.2) is 0 Å². The van der Waals surface area contributed by atoms with E-state index in [1.807, 2.05) is 66.7 Å². The molecule has 0 aliphatic heterocycles. The van der Waals surface area contributed by atoms with Gasteiger partial charge in [0.1, 0.15) is 0 Å². The number of allylic oxidation sites excluding steroid dienone is 2. The van der Waals surface area contributed by atoms with Gasteiger partial charge in [-0.05, 0) is 85.6 Å². The van der Waals surface area contributed by atoms with Crippen molar-refractivity contribution < 1.29 is 10.4 Å². The summed E-state index contributed by atoms with van der Waals surface area (Å²) in [4.78, 5) is 0. The van der Waals surface area contributed by atoms with Crippen LogP contribution in [0.4, 0.5) is 11.4 Å². The van der Waals surface area contributed by atoms with E-state index in [1.54, 1.807) is 0 Å². The second kappa shape index (κ2) is 6.93. The molecule has 0 radical (unpaired) electrons. The van der Waals surface area contributed by atoms with Crippen molar-refractivity contribution in [2.24, 2.45) is 0 Å². The zero-order valence-corrected chi connectivity index (χ0v) is 15.8. The molecule has 0 amide bonds. The lowest BCUT2D eigenvalue weighted by atomic mass is 10.0. The summed E-state index contributed by atoms with van der Waals surface area (Å²) in [6.07, 6.45) is 2.86. The van der Waals surface area contributed by atoms with Crippen LogP contribution in [0, 0.1) is 0 Å². The molecule has 2 N–H and O–H groups in total. The van der Waals surface area contributed by atoms with E-state index in [0.29, 0.717) is 11.4 Å². The van der Waals surface area contributed by atoms with Gasteiger partial charge in [0.15, 0.2) is 0 Å². The van der Waals surface area contributed by atoms with Crippen molar-refractivity contribution >= 4 is 11.4 Å². The van der Waals surface area contributed by atoms with E-state index in [2.05, 4.69) is 13.0 Å². The SMILES string of the molecule is C/C=C(/C)Cc1cc(N(O)C(C)(C)C)cc(N(O)C(C)(C)C)c1. The Morgan fingerprint density at radius 2 is 1.30 bits per heavy atom. The van der Waals surface area contributed by atoms with E-state index in [0.717, 1.165) is 12.0 Å². The van der Waals surface area contributed by atoms with Crippen molar-refractivity contribution in [3.8, 4) is 0 Å². The van der Waals surface area contributed by atoms with E-state index < -0.39 is 11.1 Å². The number of rotatable bonds is 4. The van der Waals surface area contributed by atoms with E-state index in [4.69, 9.17) is 0 Å². The van der Waals surface area contributed by atoms with Crippen LogP contribution in [0.5, 0.6) is 0 Å². The number of anilines is 2. The number of nitrogens with zero attached hydrogens (tertiary/aromatic N) is 2. The van der Waals surface area contributed by atoms with Crippen molar-refractivity contribution in [1.82, 2.24) is 0 Å². The van der Waals surface area contributed by atoms with Crippen molar-refractivity contribution in [2.75, 3.05) is 10.1 Å². The van der Waals surface area contributed by atoms with Gasteiger partial charge in [-0.1, -0.05) is 11.6 Å². The van der Waals surface area contributed by atoms with Gasteiger partial charge in [-0.2, -0.15) is 0 Å². The summed E-state index contributed by atoms with van der Waals surface area (Å²) in [6, 6.07) is 5.75. The maximum absolute atomic E-state index is 10.5. The molecule has 130 valence electrons. The Labute approximate surface area is 141 Å². The number of hydrogen-bond acceptors (Lipinski definition) is 4. The van der Waals surface area contributed by atoms with Gasteiger partial charge in [0.2, 0.25) is 0 Å². The van der Waals surface area contributed by atoms with Crippen LogP contribution >= 0.6 is 0 Å². The minimum Gasteiger partial charge on any atom is -0.288 e. The zero-order chi connectivity index (χ0) is 18.0. The van der Waals surface area contributed by atoms with Crippen LogP contribution in [-0.2, 0) is 6.42 Å². The second-order valence-corrected chi connectivity index (χ2v) is 8.13. The largest absolute Gasteiger partial charge is 0.288 e. The molecule has 0 bridgehead atoms. The molecule has 0 fully saturated rings. The highest BCUT2D eigenvalue weighted by molar-refractivity contribution is 5.61. The van der Waals surface area contributed by atoms with Gasteiger partial charge in [0.25, 0.3) is 0 Å². The third-order valence-corrected chi connectivity index (χ3v) is 3.70. The summed E-state index contributed by atoms with van der Waals surface area (Å²) in [5.41, 5.74) is 2.81. The fourth-order valence-electron chi connectivity index (χ4n) is 2.20. The van der Waals surface area contributed by atoms with Crippen LogP contribution in [0.25, 0.3) is 0 Å². The van der Waals surface area contributed by atoms with Gasteiger partial charge < -0.3 is 0 Å². The van der Waals surface area contributed by atoms with Crippen LogP contribution in [0.2, 0.25) is 0 Å². The van der Waals surface area contributed by atoms with E-state index in [1.165, 1.54) is 15.7 Å². The van der Waals surface area contributed by atoms with Gasteiger partial charge in [-0.15, -0.1) is 0 Å². The van der Waals surface area contributed by atoms with Crippen LogP contribution in [-0.4, -0.2) is 21.5 Å². The first kappa shape index (κ1) is 19.5. The van der Waals surface area contributed by atoms with Gasteiger partial charge in [-0.3, -0.25) is 20.5 Å². The van der Waals surface area contributed by atoms with Crippen molar-refractivity contribution in [2.45, 2.75) is 72.9 Å². The summed E-state index contributed by atoms with van der Waals surface area (Å²) in [7, 11) is 0. The summed E-state index contributed by atoms with van der Waals surface area (Å²) in [5.74, 6) is 0. The molecule has 4 nitrogen and oxygen atoms in total. The third-order valence-electron chi connectivity index (χ3n) is 3.70. The van der Waals surface area contributed by atoms with Crippen molar-refractivity contribution in [3.05, 3.63) is 35.4 Å².